The fraction of sp³-hybridized carbons (Fsp3) is 0.846. The fourth-order valence-electron chi connectivity index (χ4n) is 1.34. The van der Waals surface area contributed by atoms with Gasteiger partial charge >= 0.3 is 0 Å². The molecule has 0 aromatic heterocycles. The van der Waals surface area contributed by atoms with Crippen LogP contribution in [0.4, 0.5) is 0 Å². The van der Waals surface area contributed by atoms with Crippen molar-refractivity contribution in [1.82, 2.24) is 0 Å². The minimum absolute atomic E-state index is 0.747. The Labute approximate surface area is 96.9 Å². The van der Waals surface area contributed by atoms with Gasteiger partial charge in [0.2, 0.25) is 0 Å². The first-order valence-electron chi connectivity index (χ1n) is 6.29. The molecule has 0 aliphatic rings. The second-order valence-corrected chi connectivity index (χ2v) is 10.5. The maximum absolute atomic E-state index is 5.61. The molecule has 0 rings (SSSR count). The van der Waals surface area contributed by atoms with Crippen molar-refractivity contribution < 1.29 is 4.74 Å². The third-order valence-electron chi connectivity index (χ3n) is 2.54. The highest BCUT2D eigenvalue weighted by Gasteiger charge is 2.08. The highest BCUT2D eigenvalue weighted by molar-refractivity contribution is 6.80. The predicted octanol–water partition coefficient (Wildman–Crippen LogP) is 4.61. The molecule has 0 saturated carbocycles. The van der Waals surface area contributed by atoms with E-state index in [2.05, 4.69) is 39.2 Å². The van der Waals surface area contributed by atoms with Crippen LogP contribution in [-0.4, -0.2) is 14.7 Å². The molecular formula is C13H28OSi. The normalized spacial score (nSPS) is 14.5. The van der Waals surface area contributed by atoms with E-state index in [0.717, 1.165) is 12.5 Å². The summed E-state index contributed by atoms with van der Waals surface area (Å²) in [6.07, 6.45) is 7.11. The van der Waals surface area contributed by atoms with Gasteiger partial charge in [-0.05, 0) is 12.3 Å². The molecule has 0 amide bonds. The Hall–Kier alpha value is -0.243. The summed E-state index contributed by atoms with van der Waals surface area (Å²) in [4.78, 5) is 0. The van der Waals surface area contributed by atoms with E-state index in [1.54, 1.807) is 0 Å². The summed E-state index contributed by atoms with van der Waals surface area (Å²) in [7, 11) is -1.07. The van der Waals surface area contributed by atoms with Crippen LogP contribution in [0.5, 0.6) is 0 Å². The van der Waals surface area contributed by atoms with Crippen molar-refractivity contribution in [2.75, 3.05) is 6.61 Å². The Balaban J connectivity index is 3.67. The third-order valence-corrected chi connectivity index (χ3v) is 3.68. The number of hydrogen-bond acceptors (Lipinski definition) is 1. The lowest BCUT2D eigenvalue weighted by Crippen LogP contribution is -2.16. The predicted molar refractivity (Wildman–Crippen MR) is 71.7 cm³/mol. The van der Waals surface area contributed by atoms with E-state index in [0.29, 0.717) is 0 Å². The van der Waals surface area contributed by atoms with Crippen LogP contribution in [0.1, 0.15) is 39.5 Å². The smallest absolute Gasteiger partial charge is 0.0900 e. The molecule has 0 aromatic rings. The van der Waals surface area contributed by atoms with Gasteiger partial charge in [-0.3, -0.25) is 0 Å². The van der Waals surface area contributed by atoms with Gasteiger partial charge in [0, 0.05) is 0 Å². The van der Waals surface area contributed by atoms with Crippen molar-refractivity contribution in [2.45, 2.75) is 59.2 Å². The van der Waals surface area contributed by atoms with Gasteiger partial charge in [-0.2, -0.15) is 0 Å². The zero-order valence-electron chi connectivity index (χ0n) is 11.2. The molecule has 2 heteroatoms. The Morgan fingerprint density at radius 1 is 1.20 bits per heavy atom. The van der Waals surface area contributed by atoms with E-state index in [4.69, 9.17) is 4.74 Å². The number of unbranched alkanes of at least 4 members (excludes halogenated alkanes) is 1. The largest absolute Gasteiger partial charge is 0.502 e. The van der Waals surface area contributed by atoms with Crippen molar-refractivity contribution >= 4 is 8.07 Å². The van der Waals surface area contributed by atoms with Crippen molar-refractivity contribution in [2.24, 2.45) is 5.92 Å². The Morgan fingerprint density at radius 2 is 1.87 bits per heavy atom. The monoisotopic (exact) mass is 228 g/mol. The lowest BCUT2D eigenvalue weighted by molar-refractivity contribution is 0.183. The van der Waals surface area contributed by atoms with Crippen molar-refractivity contribution in [3.8, 4) is 0 Å². The van der Waals surface area contributed by atoms with Crippen LogP contribution in [0.15, 0.2) is 12.0 Å². The molecule has 0 fully saturated rings. The average Bonchev–Trinajstić information content (AvgIpc) is 2.15. The van der Waals surface area contributed by atoms with E-state index in [-0.39, 0.29) is 0 Å². The molecule has 1 atom stereocenters. The fourth-order valence-corrected chi connectivity index (χ4v) is 1.85. The number of ether oxygens (including phenoxy) is 1. The summed E-state index contributed by atoms with van der Waals surface area (Å²) in [6.45, 7) is 12.4. The Morgan fingerprint density at radius 3 is 2.33 bits per heavy atom. The molecule has 0 aliphatic carbocycles. The summed E-state index contributed by atoms with van der Waals surface area (Å²) >= 11 is 0. The molecule has 1 nitrogen and oxygen atoms in total. The van der Waals surface area contributed by atoms with E-state index >= 15 is 0 Å². The van der Waals surface area contributed by atoms with Gasteiger partial charge in [0.1, 0.15) is 0 Å². The van der Waals surface area contributed by atoms with Gasteiger partial charge in [0.25, 0.3) is 0 Å². The van der Waals surface area contributed by atoms with Crippen molar-refractivity contribution in [3.05, 3.63) is 12.0 Å². The van der Waals surface area contributed by atoms with Crippen LogP contribution in [0.25, 0.3) is 0 Å². The maximum atomic E-state index is 5.61. The summed E-state index contributed by atoms with van der Waals surface area (Å²) < 4.78 is 5.61. The molecule has 0 heterocycles. The van der Waals surface area contributed by atoms with Crippen LogP contribution >= 0.6 is 0 Å². The molecule has 15 heavy (non-hydrogen) atoms. The van der Waals surface area contributed by atoms with Gasteiger partial charge in [-0.15, -0.1) is 0 Å². The average molecular weight is 228 g/mol. The first-order valence-corrected chi connectivity index (χ1v) is 9.86. The van der Waals surface area contributed by atoms with Gasteiger partial charge < -0.3 is 4.74 Å². The topological polar surface area (TPSA) is 9.23 Å². The lowest BCUT2D eigenvalue weighted by atomic mass is 10.0. The van der Waals surface area contributed by atoms with Crippen molar-refractivity contribution in [3.63, 3.8) is 0 Å². The van der Waals surface area contributed by atoms with E-state index in [1.165, 1.54) is 25.7 Å². The van der Waals surface area contributed by atoms with E-state index < -0.39 is 8.07 Å². The number of hydrogen-bond donors (Lipinski definition) is 0. The highest BCUT2D eigenvalue weighted by Crippen LogP contribution is 2.13. The molecule has 0 bridgehead atoms. The highest BCUT2D eigenvalue weighted by atomic mass is 28.3. The Kier molecular flexibility index (Phi) is 7.84. The van der Waals surface area contributed by atoms with Gasteiger partial charge in [0.15, 0.2) is 0 Å². The SMILES string of the molecule is CCCCC(CC)CO/C=C\[Si](C)(C)C. The first-order chi connectivity index (χ1) is 6.99. The summed E-state index contributed by atoms with van der Waals surface area (Å²) in [6, 6.07) is 0. The lowest BCUT2D eigenvalue weighted by Gasteiger charge is -2.14. The second kappa shape index (κ2) is 7.97. The zero-order valence-corrected chi connectivity index (χ0v) is 12.2. The minimum atomic E-state index is -1.07. The van der Waals surface area contributed by atoms with Gasteiger partial charge in [-0.1, -0.05) is 58.5 Å². The zero-order chi connectivity index (χ0) is 11.7. The number of rotatable bonds is 8. The molecule has 0 spiro atoms. The molecule has 1 unspecified atom stereocenters. The van der Waals surface area contributed by atoms with Crippen LogP contribution < -0.4 is 0 Å². The van der Waals surface area contributed by atoms with E-state index in [9.17, 15) is 0 Å². The summed E-state index contributed by atoms with van der Waals surface area (Å²) in [5.74, 6) is 0.747. The molecule has 0 radical (unpaired) electrons. The third kappa shape index (κ3) is 10.0. The van der Waals surface area contributed by atoms with Crippen LogP contribution in [0.2, 0.25) is 19.6 Å². The van der Waals surface area contributed by atoms with Crippen molar-refractivity contribution in [1.29, 1.82) is 0 Å². The van der Waals surface area contributed by atoms with Crippen LogP contribution in [0, 0.1) is 5.92 Å². The van der Waals surface area contributed by atoms with Crippen LogP contribution in [0.3, 0.4) is 0 Å². The summed E-state index contributed by atoms with van der Waals surface area (Å²) in [5.41, 5.74) is 2.26. The molecule has 90 valence electrons. The molecule has 0 N–H and O–H groups in total. The van der Waals surface area contributed by atoms with Gasteiger partial charge in [0.05, 0.1) is 20.9 Å². The van der Waals surface area contributed by atoms with Crippen LogP contribution in [-0.2, 0) is 4.74 Å². The summed E-state index contributed by atoms with van der Waals surface area (Å²) in [5, 5.41) is 0. The van der Waals surface area contributed by atoms with E-state index in [1.807, 2.05) is 6.26 Å². The molecule has 0 saturated heterocycles. The quantitative estimate of drug-likeness (QED) is 0.435. The Bertz CT molecular complexity index is 170. The maximum Gasteiger partial charge on any atom is 0.0900 e. The molecule has 0 aromatic carbocycles. The second-order valence-electron chi connectivity index (χ2n) is 5.42. The first kappa shape index (κ1) is 14.8. The van der Waals surface area contributed by atoms with Gasteiger partial charge in [-0.25, -0.2) is 0 Å². The standard InChI is InChI=1S/C13H28OSi/c1-6-8-9-13(7-2)12-14-10-11-15(3,4)5/h10-11,13H,6-9,12H2,1-5H3/b11-10-. The molecular weight excluding hydrogens is 200 g/mol. The molecule has 0 aliphatic heterocycles. The minimum Gasteiger partial charge on any atom is -0.502 e.